The van der Waals surface area contributed by atoms with Gasteiger partial charge in [0.05, 0.1) is 0 Å². The van der Waals surface area contributed by atoms with E-state index in [0.29, 0.717) is 6.04 Å². The van der Waals surface area contributed by atoms with E-state index in [2.05, 4.69) is 30.9 Å². The van der Waals surface area contributed by atoms with Gasteiger partial charge in [-0.1, -0.05) is 26.0 Å². The van der Waals surface area contributed by atoms with E-state index >= 15 is 0 Å². The maximum Gasteiger partial charge on any atom is 0.165 e. The van der Waals surface area contributed by atoms with E-state index in [1.165, 1.54) is 11.1 Å². The molecule has 0 bridgehead atoms. The Morgan fingerprint density at radius 2 is 1.89 bits per heavy atom. The number of hydrogen-bond donors (Lipinski definition) is 0. The minimum Gasteiger partial charge on any atom is -0.296 e. The van der Waals surface area contributed by atoms with Crippen molar-refractivity contribution < 1.29 is 4.79 Å². The van der Waals surface area contributed by atoms with Gasteiger partial charge in [0.25, 0.3) is 0 Å². The Morgan fingerprint density at radius 1 is 1.17 bits per heavy atom. The summed E-state index contributed by atoms with van der Waals surface area (Å²) in [5.41, 5.74) is 3.62. The van der Waals surface area contributed by atoms with Crippen LogP contribution in [0.5, 0.6) is 0 Å². The van der Waals surface area contributed by atoms with Crippen molar-refractivity contribution in [3.8, 4) is 0 Å². The van der Waals surface area contributed by atoms with E-state index in [4.69, 9.17) is 0 Å². The summed E-state index contributed by atoms with van der Waals surface area (Å²) in [6.45, 7) is 10.5. The van der Waals surface area contributed by atoms with Crippen molar-refractivity contribution in [2.24, 2.45) is 5.92 Å². The predicted molar refractivity (Wildman–Crippen MR) is 74.9 cm³/mol. The molecule has 98 valence electrons. The van der Waals surface area contributed by atoms with Crippen molar-refractivity contribution in [1.29, 1.82) is 0 Å². The maximum absolute atomic E-state index is 12.0. The standard InChI is InChI=1S/C16H23NO/c1-11(2)16(18)14-5-6-15-10-17(12(3)4)8-7-13(15)9-14/h5-6,9,11-12H,7-8,10H2,1-4H3. The number of nitrogens with zero attached hydrogens (tertiary/aromatic N) is 1. The number of fused-ring (bicyclic) bond motifs is 1. The number of rotatable bonds is 3. The van der Waals surface area contributed by atoms with Gasteiger partial charge in [0.1, 0.15) is 0 Å². The van der Waals surface area contributed by atoms with Gasteiger partial charge in [0.15, 0.2) is 5.78 Å². The second-order valence-corrected chi connectivity index (χ2v) is 5.82. The molecule has 0 spiro atoms. The van der Waals surface area contributed by atoms with Crippen molar-refractivity contribution in [1.82, 2.24) is 4.90 Å². The van der Waals surface area contributed by atoms with Gasteiger partial charge in [-0.15, -0.1) is 0 Å². The van der Waals surface area contributed by atoms with E-state index in [0.717, 1.165) is 25.1 Å². The normalized spacial score (nSPS) is 16.1. The number of ketones is 1. The molecule has 0 radical (unpaired) electrons. The summed E-state index contributed by atoms with van der Waals surface area (Å²) >= 11 is 0. The molecule has 0 unspecified atom stereocenters. The smallest absolute Gasteiger partial charge is 0.165 e. The Labute approximate surface area is 110 Å². The summed E-state index contributed by atoms with van der Waals surface area (Å²) in [6.07, 6.45) is 1.06. The first-order chi connectivity index (χ1) is 8.49. The van der Waals surface area contributed by atoms with Crippen LogP contribution in [0.1, 0.15) is 49.2 Å². The molecule has 0 atom stereocenters. The molecule has 0 aliphatic carbocycles. The molecule has 1 aliphatic rings. The molecule has 0 saturated heterocycles. The molecular weight excluding hydrogens is 222 g/mol. The van der Waals surface area contributed by atoms with Crippen LogP contribution in [0.25, 0.3) is 0 Å². The van der Waals surface area contributed by atoms with Crippen molar-refractivity contribution in [3.63, 3.8) is 0 Å². The second-order valence-electron chi connectivity index (χ2n) is 5.82. The maximum atomic E-state index is 12.0. The lowest BCUT2D eigenvalue weighted by Crippen LogP contribution is -2.35. The van der Waals surface area contributed by atoms with Crippen LogP contribution in [-0.2, 0) is 13.0 Å². The molecule has 2 rings (SSSR count). The van der Waals surface area contributed by atoms with Gasteiger partial charge in [-0.2, -0.15) is 0 Å². The van der Waals surface area contributed by atoms with Crippen LogP contribution < -0.4 is 0 Å². The van der Waals surface area contributed by atoms with E-state index in [9.17, 15) is 4.79 Å². The average molecular weight is 245 g/mol. The zero-order chi connectivity index (χ0) is 13.3. The van der Waals surface area contributed by atoms with Crippen molar-refractivity contribution in [2.75, 3.05) is 6.54 Å². The van der Waals surface area contributed by atoms with Gasteiger partial charge in [-0.05, 0) is 37.5 Å². The monoisotopic (exact) mass is 245 g/mol. The molecule has 2 heteroatoms. The third-order valence-corrected chi connectivity index (χ3v) is 3.79. The number of benzene rings is 1. The highest BCUT2D eigenvalue weighted by Crippen LogP contribution is 2.22. The minimum absolute atomic E-state index is 0.0822. The summed E-state index contributed by atoms with van der Waals surface area (Å²) < 4.78 is 0. The Balaban J connectivity index is 2.23. The summed E-state index contributed by atoms with van der Waals surface area (Å²) in [6, 6.07) is 6.83. The summed E-state index contributed by atoms with van der Waals surface area (Å²) in [5.74, 6) is 0.336. The fraction of sp³-hybridized carbons (Fsp3) is 0.562. The van der Waals surface area contributed by atoms with Crippen LogP contribution in [-0.4, -0.2) is 23.3 Å². The number of carbonyl (C=O) groups excluding carboxylic acids is 1. The Kier molecular flexibility index (Phi) is 3.86. The van der Waals surface area contributed by atoms with E-state index in [-0.39, 0.29) is 11.7 Å². The van der Waals surface area contributed by atoms with E-state index in [1.807, 2.05) is 19.9 Å². The number of Topliss-reactive ketones (excluding diaryl/α,β-unsaturated/α-hetero) is 1. The largest absolute Gasteiger partial charge is 0.296 e. The van der Waals surface area contributed by atoms with Crippen LogP contribution >= 0.6 is 0 Å². The summed E-state index contributed by atoms with van der Waals surface area (Å²) in [4.78, 5) is 14.5. The fourth-order valence-electron chi connectivity index (χ4n) is 2.50. The van der Waals surface area contributed by atoms with Gasteiger partial charge in [-0.25, -0.2) is 0 Å². The summed E-state index contributed by atoms with van der Waals surface area (Å²) in [7, 11) is 0. The predicted octanol–water partition coefficient (Wildman–Crippen LogP) is 3.29. The van der Waals surface area contributed by atoms with Crippen LogP contribution in [0.4, 0.5) is 0 Å². The Hall–Kier alpha value is -1.15. The van der Waals surface area contributed by atoms with Gasteiger partial charge in [-0.3, -0.25) is 9.69 Å². The number of hydrogen-bond acceptors (Lipinski definition) is 2. The SMILES string of the molecule is CC(C)C(=O)c1ccc2c(c1)CCN(C(C)C)C2. The highest BCUT2D eigenvalue weighted by atomic mass is 16.1. The molecule has 1 aliphatic heterocycles. The van der Waals surface area contributed by atoms with Gasteiger partial charge >= 0.3 is 0 Å². The Morgan fingerprint density at radius 3 is 2.50 bits per heavy atom. The van der Waals surface area contributed by atoms with Crippen molar-refractivity contribution in [2.45, 2.75) is 46.7 Å². The fourth-order valence-corrected chi connectivity index (χ4v) is 2.50. The number of carbonyl (C=O) groups is 1. The molecular formula is C16H23NO. The molecule has 0 fully saturated rings. The van der Waals surface area contributed by atoms with Crippen LogP contribution in [0.3, 0.4) is 0 Å². The lowest BCUT2D eigenvalue weighted by molar-refractivity contribution is 0.0939. The molecule has 1 aromatic carbocycles. The molecule has 0 N–H and O–H groups in total. The van der Waals surface area contributed by atoms with E-state index in [1.54, 1.807) is 0 Å². The third kappa shape index (κ3) is 2.64. The highest BCUT2D eigenvalue weighted by Gasteiger charge is 2.20. The molecule has 1 aromatic rings. The molecule has 0 saturated carbocycles. The lowest BCUT2D eigenvalue weighted by atomic mass is 9.93. The average Bonchev–Trinajstić information content (AvgIpc) is 2.36. The van der Waals surface area contributed by atoms with Gasteiger partial charge < -0.3 is 0 Å². The molecule has 2 nitrogen and oxygen atoms in total. The minimum atomic E-state index is 0.0822. The topological polar surface area (TPSA) is 20.3 Å². The van der Waals surface area contributed by atoms with Crippen molar-refractivity contribution >= 4 is 5.78 Å². The van der Waals surface area contributed by atoms with Gasteiger partial charge in [0.2, 0.25) is 0 Å². The van der Waals surface area contributed by atoms with Crippen LogP contribution in [0.15, 0.2) is 18.2 Å². The lowest BCUT2D eigenvalue weighted by Gasteiger charge is -2.32. The highest BCUT2D eigenvalue weighted by molar-refractivity contribution is 5.97. The first-order valence-corrected chi connectivity index (χ1v) is 6.89. The third-order valence-electron chi connectivity index (χ3n) is 3.79. The quantitative estimate of drug-likeness (QED) is 0.762. The zero-order valence-electron chi connectivity index (χ0n) is 11.9. The second kappa shape index (κ2) is 5.23. The van der Waals surface area contributed by atoms with E-state index < -0.39 is 0 Å². The molecule has 18 heavy (non-hydrogen) atoms. The van der Waals surface area contributed by atoms with Gasteiger partial charge in [0, 0.05) is 30.6 Å². The van der Waals surface area contributed by atoms with Crippen LogP contribution in [0, 0.1) is 5.92 Å². The van der Waals surface area contributed by atoms with Crippen LogP contribution in [0.2, 0.25) is 0 Å². The Bertz CT molecular complexity index is 448. The first-order valence-electron chi connectivity index (χ1n) is 6.89. The molecule has 0 amide bonds. The first kappa shape index (κ1) is 13.3. The van der Waals surface area contributed by atoms with Crippen molar-refractivity contribution in [3.05, 3.63) is 34.9 Å². The molecule has 0 aromatic heterocycles. The molecule has 1 heterocycles. The zero-order valence-corrected chi connectivity index (χ0v) is 11.9. The summed E-state index contributed by atoms with van der Waals surface area (Å²) in [5, 5.41) is 0.